The Kier molecular flexibility index (Phi) is 0.947. The largest absolute Gasteiger partial charge is 1.00 e. The predicted octanol–water partition coefficient (Wildman–Crippen LogP) is 1.99. The van der Waals surface area contributed by atoms with E-state index in [0.717, 1.165) is 10.9 Å². The molecule has 0 aliphatic heterocycles. The quantitative estimate of drug-likeness (QED) is 0.567. The lowest BCUT2D eigenvalue weighted by atomic mass is 10.3. The Morgan fingerprint density at radius 3 is 2.90 bits per heavy atom. The molecule has 2 N–H and O–H groups in total. The smallest absolute Gasteiger partial charge is 0.495 e. The lowest BCUT2D eigenvalue weighted by molar-refractivity contribution is 0.458. The van der Waals surface area contributed by atoms with Crippen LogP contribution in [0.4, 0.5) is 0 Å². The lowest BCUT2D eigenvalue weighted by Crippen LogP contribution is -1.62. The molecule has 2 aromatic rings. The molecule has 2 rings (SSSR count). The van der Waals surface area contributed by atoms with Gasteiger partial charge in [0.15, 0.2) is 5.88 Å². The van der Waals surface area contributed by atoms with Crippen LogP contribution in [0.15, 0.2) is 30.3 Å². The Morgan fingerprint density at radius 1 is 1.30 bits per heavy atom. The van der Waals surface area contributed by atoms with Gasteiger partial charge in [-0.3, -0.25) is 0 Å². The van der Waals surface area contributed by atoms with E-state index in [1.807, 2.05) is 24.3 Å². The molecule has 10 heavy (non-hydrogen) atoms. The van der Waals surface area contributed by atoms with Crippen molar-refractivity contribution in [2.24, 2.45) is 0 Å². The van der Waals surface area contributed by atoms with E-state index in [1.165, 1.54) is 0 Å². The molecule has 0 atom stereocenters. The van der Waals surface area contributed by atoms with Gasteiger partial charge < -0.3 is 10.1 Å². The zero-order chi connectivity index (χ0) is 6.97. The molecular formula is C8H8NO+. The Morgan fingerprint density at radius 2 is 2.10 bits per heavy atom. The second kappa shape index (κ2) is 1.77. The zero-order valence-corrected chi connectivity index (χ0v) is 5.33. The van der Waals surface area contributed by atoms with Crippen LogP contribution < -0.4 is 0 Å². The third kappa shape index (κ3) is 0.658. The molecule has 2 nitrogen and oxygen atoms in total. The van der Waals surface area contributed by atoms with Gasteiger partial charge in [0.1, 0.15) is 0 Å². The van der Waals surface area contributed by atoms with Gasteiger partial charge in [-0.05, 0) is 6.07 Å². The predicted molar refractivity (Wildman–Crippen MR) is 41.1 cm³/mol. The minimum atomic E-state index is 0. The summed E-state index contributed by atoms with van der Waals surface area (Å²) in [7, 11) is 0. The lowest BCUT2D eigenvalue weighted by Gasteiger charge is -1.83. The Balaban J connectivity index is 0.000000605. The van der Waals surface area contributed by atoms with E-state index in [-0.39, 0.29) is 7.31 Å². The summed E-state index contributed by atoms with van der Waals surface area (Å²) in [5, 5.41) is 10.0. The number of aromatic nitrogens is 1. The summed E-state index contributed by atoms with van der Waals surface area (Å²) in [6.07, 6.45) is 0. The summed E-state index contributed by atoms with van der Waals surface area (Å²) >= 11 is 0. The highest BCUT2D eigenvalue weighted by Crippen LogP contribution is 2.17. The first-order valence-corrected chi connectivity index (χ1v) is 3.13. The normalized spacial score (nSPS) is 10.4. The second-order valence-corrected chi connectivity index (χ2v) is 2.24. The maximum atomic E-state index is 9.00. The van der Waals surface area contributed by atoms with Gasteiger partial charge in [0.25, 0.3) is 0 Å². The molecule has 0 saturated carbocycles. The third-order valence-corrected chi connectivity index (χ3v) is 1.52. The molecule has 1 heterocycles. The first-order chi connectivity index (χ1) is 4.86. The van der Waals surface area contributed by atoms with E-state index in [0.29, 0.717) is 0 Å². The van der Waals surface area contributed by atoms with Crippen LogP contribution >= 0.6 is 0 Å². The van der Waals surface area contributed by atoms with Gasteiger partial charge >= 0.3 is 1.43 Å². The Bertz CT molecular complexity index is 323. The average molecular weight is 134 g/mol. The van der Waals surface area contributed by atoms with Crippen LogP contribution in [0, 0.1) is 0 Å². The van der Waals surface area contributed by atoms with Gasteiger partial charge in [0.05, 0.1) is 0 Å². The summed E-state index contributed by atoms with van der Waals surface area (Å²) in [5.74, 6) is 0.223. The minimum absolute atomic E-state index is 0. The number of rotatable bonds is 0. The number of para-hydroxylation sites is 1. The molecule has 1 aromatic heterocycles. The summed E-state index contributed by atoms with van der Waals surface area (Å²) in [6.45, 7) is 0. The molecule has 50 valence electrons. The average Bonchev–Trinajstić information content (AvgIpc) is 2.27. The third-order valence-electron chi connectivity index (χ3n) is 1.52. The monoisotopic (exact) mass is 134 g/mol. The van der Waals surface area contributed by atoms with E-state index in [4.69, 9.17) is 5.11 Å². The molecule has 0 aliphatic rings. The number of nitrogens with one attached hydrogen (secondary N) is 1. The van der Waals surface area contributed by atoms with Crippen molar-refractivity contribution >= 4 is 10.9 Å². The van der Waals surface area contributed by atoms with Crippen LogP contribution in [0.1, 0.15) is 1.43 Å². The van der Waals surface area contributed by atoms with Crippen molar-refractivity contribution in [1.82, 2.24) is 4.98 Å². The highest BCUT2D eigenvalue weighted by molar-refractivity contribution is 5.80. The van der Waals surface area contributed by atoms with E-state index in [2.05, 4.69) is 4.98 Å². The molecular weight excluding hydrogens is 126 g/mol. The van der Waals surface area contributed by atoms with Gasteiger partial charge in [-0.2, -0.15) is 0 Å². The number of aromatic hydroxyl groups is 1. The van der Waals surface area contributed by atoms with Crippen LogP contribution in [-0.4, -0.2) is 10.1 Å². The number of aromatic amines is 1. The second-order valence-electron chi connectivity index (χ2n) is 2.24. The maximum absolute atomic E-state index is 9.00. The highest BCUT2D eigenvalue weighted by Gasteiger charge is 1.94. The molecule has 0 aliphatic carbocycles. The van der Waals surface area contributed by atoms with Crippen molar-refractivity contribution < 1.29 is 6.53 Å². The molecule has 0 radical (unpaired) electrons. The van der Waals surface area contributed by atoms with Crippen molar-refractivity contribution in [3.63, 3.8) is 0 Å². The minimum Gasteiger partial charge on any atom is -0.495 e. The van der Waals surface area contributed by atoms with Crippen molar-refractivity contribution in [2.75, 3.05) is 0 Å². The first-order valence-electron chi connectivity index (χ1n) is 3.13. The van der Waals surface area contributed by atoms with Crippen molar-refractivity contribution in [2.45, 2.75) is 0 Å². The maximum Gasteiger partial charge on any atom is 1.00 e. The van der Waals surface area contributed by atoms with Crippen molar-refractivity contribution in [3.05, 3.63) is 30.3 Å². The topological polar surface area (TPSA) is 36.0 Å². The summed E-state index contributed by atoms with van der Waals surface area (Å²) in [6, 6.07) is 9.45. The fraction of sp³-hybridized carbons (Fsp3) is 0. The van der Waals surface area contributed by atoms with Gasteiger partial charge in [-0.15, -0.1) is 0 Å². The van der Waals surface area contributed by atoms with Crippen LogP contribution in [-0.2, 0) is 0 Å². The van der Waals surface area contributed by atoms with Crippen molar-refractivity contribution in [3.8, 4) is 5.88 Å². The Hall–Kier alpha value is -1.44. The van der Waals surface area contributed by atoms with Crippen LogP contribution in [0.3, 0.4) is 0 Å². The number of H-pyrrole nitrogens is 1. The van der Waals surface area contributed by atoms with Crippen LogP contribution in [0.25, 0.3) is 10.9 Å². The summed E-state index contributed by atoms with van der Waals surface area (Å²) in [5.41, 5.74) is 0.972. The van der Waals surface area contributed by atoms with E-state index in [1.54, 1.807) is 6.07 Å². The van der Waals surface area contributed by atoms with Crippen LogP contribution in [0.2, 0.25) is 0 Å². The number of hydrogen-bond donors (Lipinski definition) is 2. The Labute approximate surface area is 59.6 Å². The standard InChI is InChI=1S/C8H7NO/c10-8-5-6-3-1-2-4-7(6)9-8/h1-5,9-10H/p+1. The van der Waals surface area contributed by atoms with Gasteiger partial charge in [-0.1, -0.05) is 18.2 Å². The zero-order valence-electron chi connectivity index (χ0n) is 6.33. The van der Waals surface area contributed by atoms with Gasteiger partial charge in [0, 0.05) is 17.0 Å². The van der Waals surface area contributed by atoms with E-state index >= 15 is 0 Å². The van der Waals surface area contributed by atoms with Gasteiger partial charge in [0.2, 0.25) is 0 Å². The number of fused-ring (bicyclic) bond motifs is 1. The molecule has 0 saturated heterocycles. The van der Waals surface area contributed by atoms with Crippen molar-refractivity contribution in [1.29, 1.82) is 0 Å². The van der Waals surface area contributed by atoms with Gasteiger partial charge in [-0.25, -0.2) is 0 Å². The van der Waals surface area contributed by atoms with Crippen LogP contribution in [0.5, 0.6) is 5.88 Å². The fourth-order valence-electron chi connectivity index (χ4n) is 1.06. The summed E-state index contributed by atoms with van der Waals surface area (Å²) in [4.78, 5) is 2.81. The molecule has 2 heteroatoms. The molecule has 0 unspecified atom stereocenters. The SMILES string of the molecule is Oc1cc2ccccc2[nH]1.[H+]. The molecule has 0 bridgehead atoms. The van der Waals surface area contributed by atoms with E-state index in [9.17, 15) is 0 Å². The highest BCUT2D eigenvalue weighted by atomic mass is 16.3. The summed E-state index contributed by atoms with van der Waals surface area (Å²) < 4.78 is 0. The number of benzene rings is 1. The first kappa shape index (κ1) is 5.35. The number of hydrogen-bond acceptors (Lipinski definition) is 1. The van der Waals surface area contributed by atoms with E-state index < -0.39 is 0 Å². The molecule has 1 aromatic carbocycles. The fourth-order valence-corrected chi connectivity index (χ4v) is 1.06. The molecule has 0 fully saturated rings. The molecule has 0 amide bonds. The molecule has 0 spiro atoms.